The molecule has 1 N–H and O–H groups in total. The third-order valence-electron chi connectivity index (χ3n) is 4.58. The van der Waals surface area contributed by atoms with E-state index in [2.05, 4.69) is 12.2 Å². The second kappa shape index (κ2) is 6.23. The van der Waals surface area contributed by atoms with Crippen LogP contribution in [0.3, 0.4) is 0 Å². The lowest BCUT2D eigenvalue weighted by atomic mass is 9.81. The van der Waals surface area contributed by atoms with Crippen LogP contribution in [0.25, 0.3) is 0 Å². The molecule has 20 heavy (non-hydrogen) atoms. The van der Waals surface area contributed by atoms with Crippen molar-refractivity contribution >= 4 is 23.2 Å². The maximum absolute atomic E-state index is 6.31. The number of fused-ring (bicyclic) bond motifs is 2. The molecule has 110 valence electrons. The fraction of sp³-hybridized carbons (Fsp3) is 0.625. The van der Waals surface area contributed by atoms with E-state index in [-0.39, 0.29) is 0 Å². The Hall–Kier alpha value is -0.280. The highest BCUT2D eigenvalue weighted by Crippen LogP contribution is 2.41. The van der Waals surface area contributed by atoms with E-state index in [9.17, 15) is 0 Å². The molecular weight excluding hydrogens is 293 g/mol. The van der Waals surface area contributed by atoms with Gasteiger partial charge >= 0.3 is 0 Å². The van der Waals surface area contributed by atoms with E-state index in [0.29, 0.717) is 24.2 Å². The number of ether oxygens (including phenoxy) is 1. The molecule has 0 amide bonds. The second-order valence-corrected chi connectivity index (χ2v) is 6.72. The Kier molecular flexibility index (Phi) is 4.56. The number of halogens is 2. The minimum atomic E-state index is 0.422. The summed E-state index contributed by atoms with van der Waals surface area (Å²) in [6, 6.07) is 6.14. The van der Waals surface area contributed by atoms with Crippen molar-refractivity contribution in [3.63, 3.8) is 0 Å². The highest BCUT2D eigenvalue weighted by atomic mass is 35.5. The SMILES string of the molecule is CCNC(Cc1cc(Cl)ccc1Cl)C1CC2CCC1O2. The first kappa shape index (κ1) is 14.6. The van der Waals surface area contributed by atoms with Crippen LogP contribution in [0.4, 0.5) is 0 Å². The molecule has 4 unspecified atom stereocenters. The van der Waals surface area contributed by atoms with Crippen LogP contribution >= 0.6 is 23.2 Å². The summed E-state index contributed by atoms with van der Waals surface area (Å²) in [6.45, 7) is 3.12. The summed E-state index contributed by atoms with van der Waals surface area (Å²) < 4.78 is 6.00. The number of nitrogens with one attached hydrogen (secondary N) is 1. The molecule has 0 spiro atoms. The van der Waals surface area contributed by atoms with Crippen molar-refractivity contribution in [3.05, 3.63) is 33.8 Å². The van der Waals surface area contributed by atoms with Gasteiger partial charge in [0.15, 0.2) is 0 Å². The molecule has 3 rings (SSSR count). The van der Waals surface area contributed by atoms with Gasteiger partial charge in [-0.15, -0.1) is 0 Å². The zero-order chi connectivity index (χ0) is 14.1. The zero-order valence-corrected chi connectivity index (χ0v) is 13.3. The average Bonchev–Trinajstić information content (AvgIpc) is 3.05. The lowest BCUT2D eigenvalue weighted by Gasteiger charge is -2.29. The van der Waals surface area contributed by atoms with Gasteiger partial charge < -0.3 is 10.1 Å². The summed E-state index contributed by atoms with van der Waals surface area (Å²) in [4.78, 5) is 0. The molecule has 2 aliphatic heterocycles. The van der Waals surface area contributed by atoms with Gasteiger partial charge in [-0.2, -0.15) is 0 Å². The van der Waals surface area contributed by atoms with Crippen LogP contribution in [0.5, 0.6) is 0 Å². The summed E-state index contributed by atoms with van der Waals surface area (Å²) in [7, 11) is 0. The molecule has 0 radical (unpaired) electrons. The first-order chi connectivity index (χ1) is 9.67. The minimum absolute atomic E-state index is 0.422. The Morgan fingerprint density at radius 1 is 1.35 bits per heavy atom. The quantitative estimate of drug-likeness (QED) is 0.884. The largest absolute Gasteiger partial charge is 0.375 e. The highest BCUT2D eigenvalue weighted by molar-refractivity contribution is 6.33. The second-order valence-electron chi connectivity index (χ2n) is 5.88. The van der Waals surface area contributed by atoms with Crippen molar-refractivity contribution in [3.8, 4) is 0 Å². The Balaban J connectivity index is 1.75. The molecule has 2 bridgehead atoms. The summed E-state index contributed by atoms with van der Waals surface area (Å²) in [5.41, 5.74) is 1.13. The van der Waals surface area contributed by atoms with Gasteiger partial charge in [-0.1, -0.05) is 30.1 Å². The molecule has 1 aromatic rings. The Morgan fingerprint density at radius 3 is 2.85 bits per heavy atom. The van der Waals surface area contributed by atoms with Crippen LogP contribution < -0.4 is 5.32 Å². The fourth-order valence-corrected chi connectivity index (χ4v) is 4.06. The van der Waals surface area contributed by atoms with Crippen molar-refractivity contribution in [2.24, 2.45) is 5.92 Å². The van der Waals surface area contributed by atoms with E-state index < -0.39 is 0 Å². The molecule has 2 fully saturated rings. The van der Waals surface area contributed by atoms with Gasteiger partial charge in [-0.25, -0.2) is 0 Å². The first-order valence-electron chi connectivity index (χ1n) is 7.50. The molecule has 0 aromatic heterocycles. The van der Waals surface area contributed by atoms with Gasteiger partial charge in [-0.05, 0) is 56.0 Å². The van der Waals surface area contributed by atoms with Crippen molar-refractivity contribution in [1.29, 1.82) is 0 Å². The standard InChI is InChI=1S/C16H21Cl2NO/c1-2-19-15(13-9-12-4-6-16(13)20-12)8-10-7-11(17)3-5-14(10)18/h3,5,7,12-13,15-16,19H,2,4,6,8-9H2,1H3. The molecule has 2 nitrogen and oxygen atoms in total. The average molecular weight is 314 g/mol. The van der Waals surface area contributed by atoms with E-state index in [1.165, 1.54) is 19.3 Å². The third kappa shape index (κ3) is 2.99. The van der Waals surface area contributed by atoms with E-state index in [1.54, 1.807) is 0 Å². The maximum Gasteiger partial charge on any atom is 0.0623 e. The fourth-order valence-electron chi connectivity index (χ4n) is 3.67. The van der Waals surface area contributed by atoms with Gasteiger partial charge in [-0.3, -0.25) is 0 Å². The number of rotatable bonds is 5. The van der Waals surface area contributed by atoms with Gasteiger partial charge in [0.25, 0.3) is 0 Å². The van der Waals surface area contributed by atoms with Crippen LogP contribution in [0.1, 0.15) is 31.7 Å². The van der Waals surface area contributed by atoms with E-state index in [0.717, 1.165) is 28.6 Å². The van der Waals surface area contributed by atoms with Gasteiger partial charge in [0.1, 0.15) is 0 Å². The molecule has 2 heterocycles. The van der Waals surface area contributed by atoms with Gasteiger partial charge in [0.05, 0.1) is 12.2 Å². The molecular formula is C16H21Cl2NO. The van der Waals surface area contributed by atoms with Crippen molar-refractivity contribution in [1.82, 2.24) is 5.32 Å². The van der Waals surface area contributed by atoms with Gasteiger partial charge in [0, 0.05) is 22.0 Å². The van der Waals surface area contributed by atoms with Crippen LogP contribution in [0.2, 0.25) is 10.0 Å². The van der Waals surface area contributed by atoms with Crippen LogP contribution in [-0.2, 0) is 11.2 Å². The summed E-state index contributed by atoms with van der Waals surface area (Å²) in [5, 5.41) is 5.18. The van der Waals surface area contributed by atoms with Crippen LogP contribution in [0, 0.1) is 5.92 Å². The third-order valence-corrected chi connectivity index (χ3v) is 5.19. The lowest BCUT2D eigenvalue weighted by Crippen LogP contribution is -2.42. The smallest absolute Gasteiger partial charge is 0.0623 e. The molecule has 2 saturated heterocycles. The predicted molar refractivity (Wildman–Crippen MR) is 83.6 cm³/mol. The Morgan fingerprint density at radius 2 is 2.20 bits per heavy atom. The highest BCUT2D eigenvalue weighted by Gasteiger charge is 2.44. The van der Waals surface area contributed by atoms with E-state index in [4.69, 9.17) is 27.9 Å². The first-order valence-corrected chi connectivity index (χ1v) is 8.25. The van der Waals surface area contributed by atoms with Crippen molar-refractivity contribution < 1.29 is 4.74 Å². The lowest BCUT2D eigenvalue weighted by molar-refractivity contribution is 0.0858. The normalized spacial score (nSPS) is 29.9. The van der Waals surface area contributed by atoms with Gasteiger partial charge in [0.2, 0.25) is 0 Å². The monoisotopic (exact) mass is 313 g/mol. The van der Waals surface area contributed by atoms with Crippen LogP contribution in [-0.4, -0.2) is 24.8 Å². The Labute approximate surface area is 130 Å². The number of hydrogen-bond acceptors (Lipinski definition) is 2. The van der Waals surface area contributed by atoms with E-state index in [1.807, 2.05) is 18.2 Å². The van der Waals surface area contributed by atoms with Crippen LogP contribution in [0.15, 0.2) is 18.2 Å². The Bertz CT molecular complexity index is 480. The summed E-state index contributed by atoms with van der Waals surface area (Å²) >= 11 is 12.4. The molecule has 0 aliphatic carbocycles. The molecule has 1 aromatic carbocycles. The minimum Gasteiger partial charge on any atom is -0.375 e. The topological polar surface area (TPSA) is 21.3 Å². The molecule has 4 heteroatoms. The number of likely N-dealkylation sites (N-methyl/N-ethyl adjacent to an activating group) is 1. The zero-order valence-electron chi connectivity index (χ0n) is 11.7. The van der Waals surface area contributed by atoms with E-state index >= 15 is 0 Å². The predicted octanol–water partition coefficient (Wildman–Crippen LogP) is 4.08. The maximum atomic E-state index is 6.31. The summed E-state index contributed by atoms with van der Waals surface area (Å²) in [6.07, 6.45) is 5.46. The molecule has 2 aliphatic rings. The number of hydrogen-bond donors (Lipinski definition) is 1. The van der Waals surface area contributed by atoms with Crippen molar-refractivity contribution in [2.75, 3.05) is 6.54 Å². The van der Waals surface area contributed by atoms with Crippen molar-refractivity contribution in [2.45, 2.75) is 50.9 Å². The summed E-state index contributed by atoms with van der Waals surface area (Å²) in [5.74, 6) is 0.601. The number of benzene rings is 1. The molecule has 4 atom stereocenters. The molecule has 0 saturated carbocycles.